The molecule has 1 aromatic carbocycles. The third-order valence-corrected chi connectivity index (χ3v) is 3.35. The Morgan fingerprint density at radius 2 is 2.07 bits per heavy atom. The molecule has 148 valence electrons. The van der Waals surface area contributed by atoms with Gasteiger partial charge in [-0.15, -0.1) is 0 Å². The maximum atomic E-state index is 12.4. The van der Waals surface area contributed by atoms with Crippen molar-refractivity contribution in [1.29, 1.82) is 0 Å². The van der Waals surface area contributed by atoms with E-state index in [4.69, 9.17) is 13.9 Å². The molecule has 0 bridgehead atoms. The molecule has 9 heteroatoms. The molecular formula is C18H21F3N2O4. The quantitative estimate of drug-likeness (QED) is 0.632. The van der Waals surface area contributed by atoms with E-state index in [0.717, 1.165) is 0 Å². The van der Waals surface area contributed by atoms with E-state index in [1.54, 1.807) is 31.4 Å². The minimum atomic E-state index is -4.46. The minimum Gasteiger partial charge on any atom is -0.482 e. The van der Waals surface area contributed by atoms with Crippen LogP contribution in [0.1, 0.15) is 17.7 Å². The molecule has 0 fully saturated rings. The van der Waals surface area contributed by atoms with E-state index in [1.165, 1.54) is 12.1 Å². The average molecular weight is 386 g/mol. The number of furan rings is 1. The molecular weight excluding hydrogens is 365 g/mol. The number of rotatable bonds is 9. The summed E-state index contributed by atoms with van der Waals surface area (Å²) < 4.78 is 52.3. The van der Waals surface area contributed by atoms with E-state index in [9.17, 15) is 18.0 Å². The number of hydrogen-bond acceptors (Lipinski definition) is 4. The SMILES string of the molecule is Cc1ccc(NC(=O)NCCCOCc2ccco2)c(OCC(F)(F)F)c1. The van der Waals surface area contributed by atoms with Crippen molar-refractivity contribution in [3.8, 4) is 5.75 Å². The van der Waals surface area contributed by atoms with Gasteiger partial charge in [-0.1, -0.05) is 6.07 Å². The predicted octanol–water partition coefficient (Wildman–Crippen LogP) is 4.26. The number of carbonyl (C=O) groups is 1. The zero-order valence-electron chi connectivity index (χ0n) is 14.8. The summed E-state index contributed by atoms with van der Waals surface area (Å²) in [5, 5.41) is 5.10. The average Bonchev–Trinajstić information content (AvgIpc) is 3.11. The van der Waals surface area contributed by atoms with Crippen molar-refractivity contribution in [2.75, 3.05) is 25.1 Å². The van der Waals surface area contributed by atoms with E-state index >= 15 is 0 Å². The smallest absolute Gasteiger partial charge is 0.422 e. The van der Waals surface area contributed by atoms with Crippen LogP contribution in [-0.2, 0) is 11.3 Å². The predicted molar refractivity (Wildman–Crippen MR) is 92.7 cm³/mol. The number of hydrogen-bond donors (Lipinski definition) is 2. The Balaban J connectivity index is 1.72. The first kappa shape index (κ1) is 20.6. The van der Waals surface area contributed by atoms with Gasteiger partial charge in [0.2, 0.25) is 0 Å². The van der Waals surface area contributed by atoms with Gasteiger partial charge in [-0.05, 0) is 43.2 Å². The van der Waals surface area contributed by atoms with Crippen LogP contribution in [0.4, 0.5) is 23.7 Å². The van der Waals surface area contributed by atoms with Crippen LogP contribution >= 0.6 is 0 Å². The van der Waals surface area contributed by atoms with Crippen LogP contribution in [0.5, 0.6) is 5.75 Å². The van der Waals surface area contributed by atoms with Crippen LogP contribution in [-0.4, -0.2) is 32.0 Å². The fourth-order valence-electron chi connectivity index (χ4n) is 2.12. The zero-order chi connectivity index (χ0) is 19.7. The number of amides is 2. The van der Waals surface area contributed by atoms with Crippen molar-refractivity contribution in [1.82, 2.24) is 5.32 Å². The molecule has 0 radical (unpaired) electrons. The van der Waals surface area contributed by atoms with E-state index in [2.05, 4.69) is 10.6 Å². The molecule has 2 aromatic rings. The second-order valence-electron chi connectivity index (χ2n) is 5.77. The number of carbonyl (C=O) groups excluding carboxylic acids is 1. The highest BCUT2D eigenvalue weighted by Gasteiger charge is 2.29. The molecule has 1 heterocycles. The van der Waals surface area contributed by atoms with Crippen LogP contribution < -0.4 is 15.4 Å². The number of ether oxygens (including phenoxy) is 2. The number of nitrogens with one attached hydrogen (secondary N) is 2. The van der Waals surface area contributed by atoms with Crippen molar-refractivity contribution in [3.63, 3.8) is 0 Å². The molecule has 27 heavy (non-hydrogen) atoms. The molecule has 2 N–H and O–H groups in total. The van der Waals surface area contributed by atoms with Gasteiger partial charge in [0.1, 0.15) is 18.1 Å². The van der Waals surface area contributed by atoms with Crippen LogP contribution in [0.2, 0.25) is 0 Å². The molecule has 2 rings (SSSR count). The van der Waals surface area contributed by atoms with Gasteiger partial charge >= 0.3 is 12.2 Å². The van der Waals surface area contributed by atoms with Crippen LogP contribution in [0.15, 0.2) is 41.0 Å². The third kappa shape index (κ3) is 8.04. The minimum absolute atomic E-state index is 0.0377. The van der Waals surface area contributed by atoms with E-state index in [-0.39, 0.29) is 11.4 Å². The van der Waals surface area contributed by atoms with Gasteiger partial charge < -0.3 is 24.5 Å². The van der Waals surface area contributed by atoms with Gasteiger partial charge in [0.15, 0.2) is 6.61 Å². The van der Waals surface area contributed by atoms with Gasteiger partial charge in [0.05, 0.1) is 12.0 Å². The molecule has 2 amide bonds. The molecule has 0 unspecified atom stereocenters. The zero-order valence-corrected chi connectivity index (χ0v) is 14.8. The maximum absolute atomic E-state index is 12.4. The standard InChI is InChI=1S/C18H21F3N2O4/c1-13-5-6-15(16(10-13)27-12-18(19,20)21)23-17(24)22-7-3-8-25-11-14-4-2-9-26-14/h2,4-6,9-10H,3,7-8,11-12H2,1H3,(H2,22,23,24). The maximum Gasteiger partial charge on any atom is 0.422 e. The van der Waals surface area contributed by atoms with Crippen molar-refractivity contribution in [3.05, 3.63) is 47.9 Å². The monoisotopic (exact) mass is 386 g/mol. The highest BCUT2D eigenvalue weighted by molar-refractivity contribution is 5.90. The van der Waals surface area contributed by atoms with Crippen LogP contribution in [0.25, 0.3) is 0 Å². The number of aryl methyl sites for hydroxylation is 1. The normalized spacial score (nSPS) is 11.3. The van der Waals surface area contributed by atoms with Gasteiger partial charge in [-0.3, -0.25) is 0 Å². The first-order chi connectivity index (χ1) is 12.8. The Bertz CT molecular complexity index is 718. The Labute approximate surface area is 154 Å². The summed E-state index contributed by atoms with van der Waals surface area (Å²) >= 11 is 0. The molecule has 0 spiro atoms. The highest BCUT2D eigenvalue weighted by Crippen LogP contribution is 2.27. The summed E-state index contributed by atoms with van der Waals surface area (Å²) in [6.45, 7) is 1.40. The number of benzene rings is 1. The van der Waals surface area contributed by atoms with Crippen molar-refractivity contribution in [2.24, 2.45) is 0 Å². The number of anilines is 1. The Kier molecular flexibility index (Phi) is 7.54. The summed E-state index contributed by atoms with van der Waals surface area (Å²) in [6, 6.07) is 7.62. The van der Waals surface area contributed by atoms with Crippen molar-refractivity contribution >= 4 is 11.7 Å². The van der Waals surface area contributed by atoms with Gasteiger partial charge in [0, 0.05) is 13.2 Å². The molecule has 0 aliphatic carbocycles. The fourth-order valence-corrected chi connectivity index (χ4v) is 2.12. The molecule has 0 saturated carbocycles. The molecule has 6 nitrogen and oxygen atoms in total. The second kappa shape index (κ2) is 9.86. The van der Waals surface area contributed by atoms with E-state index < -0.39 is 18.8 Å². The lowest BCUT2D eigenvalue weighted by Gasteiger charge is -2.15. The fraction of sp³-hybridized carbons (Fsp3) is 0.389. The summed E-state index contributed by atoms with van der Waals surface area (Å²) in [7, 11) is 0. The van der Waals surface area contributed by atoms with Gasteiger partial charge in [0.25, 0.3) is 0 Å². The molecule has 0 aliphatic rings. The number of alkyl halides is 3. The Morgan fingerprint density at radius 1 is 1.26 bits per heavy atom. The largest absolute Gasteiger partial charge is 0.482 e. The summed E-state index contributed by atoms with van der Waals surface area (Å²) in [4.78, 5) is 11.9. The molecule has 0 aliphatic heterocycles. The first-order valence-electron chi connectivity index (χ1n) is 8.29. The lowest BCUT2D eigenvalue weighted by Crippen LogP contribution is -2.30. The van der Waals surface area contributed by atoms with Crippen molar-refractivity contribution in [2.45, 2.75) is 26.1 Å². The lowest BCUT2D eigenvalue weighted by molar-refractivity contribution is -0.153. The summed E-state index contributed by atoms with van der Waals surface area (Å²) in [5.74, 6) is 0.677. The molecule has 0 saturated heterocycles. The highest BCUT2D eigenvalue weighted by atomic mass is 19.4. The third-order valence-electron chi connectivity index (χ3n) is 3.35. The Morgan fingerprint density at radius 3 is 2.78 bits per heavy atom. The first-order valence-corrected chi connectivity index (χ1v) is 8.29. The summed E-state index contributed by atoms with van der Waals surface area (Å²) in [5.41, 5.74) is 0.878. The number of halogens is 3. The van der Waals surface area contributed by atoms with Gasteiger partial charge in [-0.25, -0.2) is 4.79 Å². The second-order valence-corrected chi connectivity index (χ2v) is 5.77. The number of urea groups is 1. The van der Waals surface area contributed by atoms with Crippen LogP contribution in [0.3, 0.4) is 0 Å². The lowest BCUT2D eigenvalue weighted by atomic mass is 10.2. The molecule has 1 aromatic heterocycles. The summed E-state index contributed by atoms with van der Waals surface area (Å²) in [6.07, 6.45) is -2.33. The van der Waals surface area contributed by atoms with E-state index in [0.29, 0.717) is 37.5 Å². The topological polar surface area (TPSA) is 72.7 Å². The van der Waals surface area contributed by atoms with E-state index in [1.807, 2.05) is 0 Å². The van der Waals surface area contributed by atoms with Crippen molar-refractivity contribution < 1.29 is 31.9 Å². The van der Waals surface area contributed by atoms with Crippen LogP contribution in [0, 0.1) is 6.92 Å². The molecule has 0 atom stereocenters. The van der Waals surface area contributed by atoms with Gasteiger partial charge in [-0.2, -0.15) is 13.2 Å². The Hall–Kier alpha value is -2.68.